The van der Waals surface area contributed by atoms with Gasteiger partial charge in [0.1, 0.15) is 11.6 Å². The molecule has 1 aromatic rings. The molecule has 66 valence electrons. The van der Waals surface area contributed by atoms with E-state index in [4.69, 9.17) is 5.73 Å². The van der Waals surface area contributed by atoms with E-state index in [1.54, 1.807) is 5.51 Å². The van der Waals surface area contributed by atoms with E-state index >= 15 is 0 Å². The second kappa shape index (κ2) is 4.42. The smallest absolute Gasteiger partial charge is 0.293 e. The lowest BCUT2D eigenvalue weighted by atomic mass is 10.3. The third-order valence-electron chi connectivity index (χ3n) is 1.23. The van der Waals surface area contributed by atoms with Crippen LogP contribution in [0.25, 0.3) is 0 Å². The summed E-state index contributed by atoms with van der Waals surface area (Å²) in [4.78, 5) is 13.8. The lowest BCUT2D eigenvalue weighted by Crippen LogP contribution is -2.02. The minimum Gasteiger partial charge on any atom is -0.466 e. The van der Waals surface area contributed by atoms with Crippen molar-refractivity contribution in [2.24, 2.45) is 0 Å². The molecule has 0 saturated carbocycles. The number of nitrogen functional groups attached to an aromatic ring is 1. The summed E-state index contributed by atoms with van der Waals surface area (Å²) in [5.74, 6) is 0. The second-order valence-electron chi connectivity index (χ2n) is 2.00. The summed E-state index contributed by atoms with van der Waals surface area (Å²) in [6, 6.07) is 0. The van der Waals surface area contributed by atoms with E-state index < -0.39 is 0 Å². The summed E-state index contributed by atoms with van der Waals surface area (Å²) in [7, 11) is 0. The molecule has 1 rings (SSSR count). The molecule has 1 atom stereocenters. The fraction of sp³-hybridized carbons (Fsp3) is 0.333. The molecule has 0 aromatic carbocycles. The maximum Gasteiger partial charge on any atom is 0.293 e. The Labute approximate surface area is 81.9 Å². The van der Waals surface area contributed by atoms with Crippen molar-refractivity contribution in [1.29, 1.82) is 0 Å². The number of carbonyl (C=O) groups is 1. The largest absolute Gasteiger partial charge is 0.466 e. The Morgan fingerprint density at radius 3 is 3.17 bits per heavy atom. The van der Waals surface area contributed by atoms with Crippen molar-refractivity contribution in [3.8, 4) is 0 Å². The Morgan fingerprint density at radius 2 is 2.67 bits per heavy atom. The highest BCUT2D eigenvalue weighted by atomic mass is 79.9. The zero-order valence-electron chi connectivity index (χ0n) is 6.07. The lowest BCUT2D eigenvalue weighted by Gasteiger charge is -2.05. The van der Waals surface area contributed by atoms with Crippen LogP contribution in [0.15, 0.2) is 5.51 Å². The van der Waals surface area contributed by atoms with Crippen LogP contribution in [-0.2, 0) is 9.53 Å². The van der Waals surface area contributed by atoms with Gasteiger partial charge in [-0.3, -0.25) is 4.79 Å². The van der Waals surface area contributed by atoms with Gasteiger partial charge in [0.25, 0.3) is 6.47 Å². The molecule has 0 aliphatic rings. The highest BCUT2D eigenvalue weighted by Crippen LogP contribution is 2.28. The zero-order chi connectivity index (χ0) is 8.97. The highest BCUT2D eigenvalue weighted by Gasteiger charge is 2.13. The van der Waals surface area contributed by atoms with Crippen LogP contribution in [0.3, 0.4) is 0 Å². The van der Waals surface area contributed by atoms with Crippen molar-refractivity contribution in [3.63, 3.8) is 0 Å². The van der Waals surface area contributed by atoms with Gasteiger partial charge in [-0.15, -0.1) is 11.3 Å². The molecule has 0 fully saturated rings. The van der Waals surface area contributed by atoms with Gasteiger partial charge in [-0.1, -0.05) is 15.9 Å². The SMILES string of the molecule is Nc1scnc1C(Br)COC=O. The minimum absolute atomic E-state index is 0.117. The van der Waals surface area contributed by atoms with Crippen LogP contribution in [0, 0.1) is 0 Å². The van der Waals surface area contributed by atoms with E-state index in [-0.39, 0.29) is 11.4 Å². The van der Waals surface area contributed by atoms with Crippen molar-refractivity contribution in [2.45, 2.75) is 4.83 Å². The number of carbonyl (C=O) groups excluding carboxylic acids is 1. The van der Waals surface area contributed by atoms with E-state index in [0.717, 1.165) is 5.69 Å². The molecular formula is C6H7BrN2O2S. The molecule has 0 amide bonds. The van der Waals surface area contributed by atoms with Gasteiger partial charge in [0, 0.05) is 0 Å². The number of nitrogens with two attached hydrogens (primary N) is 1. The minimum atomic E-state index is -0.117. The summed E-state index contributed by atoms with van der Waals surface area (Å²) >= 11 is 4.66. The van der Waals surface area contributed by atoms with E-state index in [0.29, 0.717) is 11.5 Å². The third kappa shape index (κ3) is 2.18. The van der Waals surface area contributed by atoms with Crippen LogP contribution in [0.1, 0.15) is 10.5 Å². The quantitative estimate of drug-likeness (QED) is 0.647. The van der Waals surface area contributed by atoms with E-state index in [1.165, 1.54) is 11.3 Å². The summed E-state index contributed by atoms with van der Waals surface area (Å²) in [5, 5.41) is 0.645. The average molecular weight is 251 g/mol. The molecule has 6 heteroatoms. The number of thiazole rings is 1. The number of hydrogen-bond acceptors (Lipinski definition) is 5. The fourth-order valence-electron chi connectivity index (χ4n) is 0.702. The molecule has 0 saturated heterocycles. The number of aromatic nitrogens is 1. The Bertz CT molecular complexity index is 266. The normalized spacial score (nSPS) is 12.4. The van der Waals surface area contributed by atoms with Crippen molar-refractivity contribution >= 4 is 38.7 Å². The number of alkyl halides is 1. The molecule has 1 unspecified atom stereocenters. The first-order chi connectivity index (χ1) is 5.75. The topological polar surface area (TPSA) is 65.2 Å². The van der Waals surface area contributed by atoms with Gasteiger partial charge in [0.2, 0.25) is 0 Å². The maximum absolute atomic E-state index is 9.87. The van der Waals surface area contributed by atoms with Gasteiger partial charge >= 0.3 is 0 Å². The molecular weight excluding hydrogens is 244 g/mol. The Kier molecular flexibility index (Phi) is 3.48. The van der Waals surface area contributed by atoms with Crippen molar-refractivity contribution in [3.05, 3.63) is 11.2 Å². The summed E-state index contributed by atoms with van der Waals surface area (Å²) < 4.78 is 4.56. The zero-order valence-corrected chi connectivity index (χ0v) is 8.47. The molecule has 0 bridgehead atoms. The number of hydrogen-bond donors (Lipinski definition) is 1. The lowest BCUT2D eigenvalue weighted by molar-refractivity contribution is -0.128. The molecule has 4 nitrogen and oxygen atoms in total. The highest BCUT2D eigenvalue weighted by molar-refractivity contribution is 9.09. The van der Waals surface area contributed by atoms with Gasteiger partial charge < -0.3 is 10.5 Å². The predicted molar refractivity (Wildman–Crippen MR) is 50.2 cm³/mol. The second-order valence-corrected chi connectivity index (χ2v) is 3.99. The van der Waals surface area contributed by atoms with Gasteiger partial charge in [0.05, 0.1) is 16.0 Å². The maximum atomic E-state index is 9.87. The Hall–Kier alpha value is -0.620. The number of halogens is 1. The van der Waals surface area contributed by atoms with E-state index in [2.05, 4.69) is 25.7 Å². The van der Waals surface area contributed by atoms with Crippen LogP contribution in [0.2, 0.25) is 0 Å². The van der Waals surface area contributed by atoms with Crippen molar-refractivity contribution in [2.75, 3.05) is 12.3 Å². The van der Waals surface area contributed by atoms with Gasteiger partial charge in [-0.25, -0.2) is 4.98 Å². The third-order valence-corrected chi connectivity index (χ3v) is 2.60. The van der Waals surface area contributed by atoms with Gasteiger partial charge in [0.15, 0.2) is 0 Å². The molecule has 12 heavy (non-hydrogen) atoms. The van der Waals surface area contributed by atoms with Gasteiger partial charge in [-0.05, 0) is 0 Å². The molecule has 1 heterocycles. The van der Waals surface area contributed by atoms with Crippen molar-refractivity contribution < 1.29 is 9.53 Å². The first-order valence-corrected chi connectivity index (χ1v) is 4.93. The van der Waals surface area contributed by atoms with Crippen LogP contribution in [-0.4, -0.2) is 18.1 Å². The molecule has 0 radical (unpaired) electrons. The van der Waals surface area contributed by atoms with Gasteiger partial charge in [-0.2, -0.15) is 0 Å². The van der Waals surface area contributed by atoms with Crippen LogP contribution >= 0.6 is 27.3 Å². The first kappa shape index (κ1) is 9.47. The first-order valence-electron chi connectivity index (χ1n) is 3.14. The fourth-order valence-corrected chi connectivity index (χ4v) is 1.97. The number of anilines is 1. The number of nitrogens with zero attached hydrogens (tertiary/aromatic N) is 1. The predicted octanol–water partition coefficient (Wildman–Crippen LogP) is 1.33. The Balaban J connectivity index is 2.58. The van der Waals surface area contributed by atoms with Crippen LogP contribution < -0.4 is 5.73 Å². The van der Waals surface area contributed by atoms with Crippen LogP contribution in [0.4, 0.5) is 5.00 Å². The summed E-state index contributed by atoms with van der Waals surface area (Å²) in [6.45, 7) is 0.647. The molecule has 2 N–H and O–H groups in total. The molecule has 0 aliphatic carbocycles. The van der Waals surface area contributed by atoms with Crippen molar-refractivity contribution in [1.82, 2.24) is 4.98 Å². The summed E-state index contributed by atoms with van der Waals surface area (Å²) in [6.07, 6.45) is 0. The average Bonchev–Trinajstić information content (AvgIpc) is 2.47. The standard InChI is InChI=1S/C6H7BrN2O2S/c7-4(1-11-3-10)5-6(8)12-2-9-5/h2-4H,1,8H2. The van der Waals surface area contributed by atoms with Crippen LogP contribution in [0.5, 0.6) is 0 Å². The van der Waals surface area contributed by atoms with E-state index in [9.17, 15) is 4.79 Å². The number of ether oxygens (including phenoxy) is 1. The summed E-state index contributed by atoms with van der Waals surface area (Å²) in [5.41, 5.74) is 7.97. The monoisotopic (exact) mass is 250 g/mol. The molecule has 0 spiro atoms. The number of rotatable bonds is 4. The Morgan fingerprint density at radius 1 is 1.92 bits per heavy atom. The molecule has 0 aliphatic heterocycles. The molecule has 1 aromatic heterocycles. The van der Waals surface area contributed by atoms with E-state index in [1.807, 2.05) is 0 Å².